The van der Waals surface area contributed by atoms with Gasteiger partial charge in [-0.15, -0.1) is 0 Å². The van der Waals surface area contributed by atoms with Crippen molar-refractivity contribution in [3.8, 4) is 0 Å². The first-order valence-corrected chi connectivity index (χ1v) is 7.89. The van der Waals surface area contributed by atoms with E-state index in [2.05, 4.69) is 5.32 Å². The van der Waals surface area contributed by atoms with E-state index >= 15 is 0 Å². The number of hydrogen-bond donors (Lipinski definition) is 1. The van der Waals surface area contributed by atoms with Crippen molar-refractivity contribution in [3.63, 3.8) is 0 Å². The van der Waals surface area contributed by atoms with Gasteiger partial charge in [0, 0.05) is 20.0 Å². The van der Waals surface area contributed by atoms with Crippen molar-refractivity contribution < 1.29 is 28.9 Å². The molecule has 0 spiro atoms. The van der Waals surface area contributed by atoms with Gasteiger partial charge in [-0.05, 0) is 18.2 Å². The average molecular weight is 355 g/mol. The zero-order valence-electron chi connectivity index (χ0n) is 14.0. The molecule has 138 valence electrons. The topological polar surface area (TPSA) is 103 Å². The molecule has 8 nitrogen and oxygen atoms in total. The van der Waals surface area contributed by atoms with Gasteiger partial charge in [0.25, 0.3) is 0 Å². The van der Waals surface area contributed by atoms with Crippen LogP contribution in [-0.2, 0) is 14.3 Å². The number of nitrogens with zero attached hydrogens (tertiary/aromatic N) is 2. The molecular formula is C16H22FN3O5. The second kappa shape index (κ2) is 8.13. The molecule has 0 saturated carbocycles. The first-order valence-electron chi connectivity index (χ1n) is 7.89. The molecule has 0 unspecified atom stereocenters. The van der Waals surface area contributed by atoms with Crippen molar-refractivity contribution in [2.75, 3.05) is 49.2 Å². The van der Waals surface area contributed by atoms with E-state index in [1.165, 1.54) is 17.9 Å². The molecule has 2 heterocycles. The number of carbonyl (C=O) groups is 2. The minimum Gasteiger partial charge on any atom is -0.442 e. The zero-order chi connectivity index (χ0) is 17.1. The Bertz CT molecular complexity index is 636. The van der Waals surface area contributed by atoms with Crippen LogP contribution in [0.3, 0.4) is 0 Å². The van der Waals surface area contributed by atoms with Gasteiger partial charge in [0.05, 0.1) is 37.7 Å². The highest BCUT2D eigenvalue weighted by atomic mass is 19.1. The molecule has 25 heavy (non-hydrogen) atoms. The van der Waals surface area contributed by atoms with Crippen molar-refractivity contribution >= 4 is 23.4 Å². The van der Waals surface area contributed by atoms with Gasteiger partial charge in [-0.3, -0.25) is 9.69 Å². The number of rotatable bonds is 4. The van der Waals surface area contributed by atoms with E-state index in [0.717, 1.165) is 0 Å². The van der Waals surface area contributed by atoms with Crippen LogP contribution < -0.4 is 15.1 Å². The number of amides is 2. The largest absolute Gasteiger partial charge is 0.442 e. The van der Waals surface area contributed by atoms with E-state index in [1.807, 2.05) is 4.90 Å². The Morgan fingerprint density at radius 3 is 2.72 bits per heavy atom. The molecule has 0 bridgehead atoms. The van der Waals surface area contributed by atoms with Crippen LogP contribution in [0.2, 0.25) is 0 Å². The second-order valence-corrected chi connectivity index (χ2v) is 5.79. The smallest absolute Gasteiger partial charge is 0.414 e. The molecule has 0 aromatic heterocycles. The van der Waals surface area contributed by atoms with E-state index in [4.69, 9.17) is 9.47 Å². The zero-order valence-corrected chi connectivity index (χ0v) is 14.0. The molecule has 2 amide bonds. The van der Waals surface area contributed by atoms with Crippen LogP contribution >= 0.6 is 0 Å². The average Bonchev–Trinajstić information content (AvgIpc) is 2.94. The van der Waals surface area contributed by atoms with Gasteiger partial charge in [0.2, 0.25) is 5.91 Å². The maximum Gasteiger partial charge on any atom is 0.414 e. The van der Waals surface area contributed by atoms with Crippen LogP contribution in [-0.4, -0.2) is 63.0 Å². The summed E-state index contributed by atoms with van der Waals surface area (Å²) < 4.78 is 24.9. The van der Waals surface area contributed by atoms with Crippen LogP contribution in [0.4, 0.5) is 20.6 Å². The number of anilines is 2. The molecule has 1 aromatic carbocycles. The van der Waals surface area contributed by atoms with Gasteiger partial charge in [0.15, 0.2) is 0 Å². The molecule has 0 radical (unpaired) electrons. The fourth-order valence-electron chi connectivity index (χ4n) is 2.82. The van der Waals surface area contributed by atoms with Crippen LogP contribution in [0.25, 0.3) is 0 Å². The maximum atomic E-state index is 14.4. The summed E-state index contributed by atoms with van der Waals surface area (Å²) in [5, 5.41) is 2.61. The highest BCUT2D eigenvalue weighted by Crippen LogP contribution is 2.28. The number of benzene rings is 1. The second-order valence-electron chi connectivity index (χ2n) is 5.79. The normalized spacial score (nSPS) is 20.1. The molecule has 3 rings (SSSR count). The van der Waals surface area contributed by atoms with Crippen molar-refractivity contribution in [1.82, 2.24) is 5.32 Å². The minimum atomic E-state index is -0.538. The lowest BCUT2D eigenvalue weighted by Gasteiger charge is -2.29. The summed E-state index contributed by atoms with van der Waals surface area (Å²) in [6.45, 7) is 4.34. The Kier molecular flexibility index (Phi) is 6.16. The lowest BCUT2D eigenvalue weighted by atomic mass is 10.2. The number of hydrogen-bond acceptors (Lipinski definition) is 5. The van der Waals surface area contributed by atoms with Gasteiger partial charge in [-0.2, -0.15) is 0 Å². The molecule has 0 aliphatic carbocycles. The molecule has 2 fully saturated rings. The van der Waals surface area contributed by atoms with Crippen LogP contribution in [0.15, 0.2) is 18.2 Å². The van der Waals surface area contributed by atoms with Gasteiger partial charge in [-0.25, -0.2) is 9.18 Å². The molecule has 9 heteroatoms. The van der Waals surface area contributed by atoms with Crippen molar-refractivity contribution in [2.45, 2.75) is 13.0 Å². The predicted octanol–water partition coefficient (Wildman–Crippen LogP) is 0.299. The summed E-state index contributed by atoms with van der Waals surface area (Å²) in [6.07, 6.45) is -0.979. The number of nitrogens with one attached hydrogen (secondary N) is 1. The number of halogens is 1. The molecule has 2 saturated heterocycles. The van der Waals surface area contributed by atoms with Gasteiger partial charge in [-0.1, -0.05) is 0 Å². The lowest BCUT2D eigenvalue weighted by molar-refractivity contribution is -0.119. The Hall–Kier alpha value is -2.39. The SMILES string of the molecule is CC(=O)NC[C@@H]1CN(c2ccc(N3CCOCC3)c(F)c2)C(=O)O1.O. The first-order chi connectivity index (χ1) is 11.5. The minimum absolute atomic E-state index is 0. The van der Waals surface area contributed by atoms with Crippen molar-refractivity contribution in [1.29, 1.82) is 0 Å². The molecular weight excluding hydrogens is 333 g/mol. The molecule has 1 atom stereocenters. The Labute approximate surface area is 144 Å². The number of morpholine rings is 1. The third kappa shape index (κ3) is 4.37. The maximum absolute atomic E-state index is 14.4. The van der Waals surface area contributed by atoms with E-state index in [1.54, 1.807) is 12.1 Å². The summed E-state index contributed by atoms with van der Waals surface area (Å²) in [4.78, 5) is 26.2. The fourth-order valence-corrected chi connectivity index (χ4v) is 2.82. The van der Waals surface area contributed by atoms with E-state index < -0.39 is 12.2 Å². The highest BCUT2D eigenvalue weighted by Gasteiger charge is 2.32. The van der Waals surface area contributed by atoms with E-state index in [0.29, 0.717) is 37.7 Å². The molecule has 3 N–H and O–H groups in total. The number of cyclic esters (lactones) is 1. The lowest BCUT2D eigenvalue weighted by Crippen LogP contribution is -2.36. The quantitative estimate of drug-likeness (QED) is 0.837. The summed E-state index contributed by atoms with van der Waals surface area (Å²) in [5.74, 6) is -0.571. The highest BCUT2D eigenvalue weighted by molar-refractivity contribution is 5.90. The standard InChI is InChI=1S/C16H20FN3O4.H2O/c1-11(21)18-9-13-10-20(16(22)24-13)12-2-3-15(14(17)8-12)19-4-6-23-7-5-19;/h2-3,8,13H,4-7,9-10H2,1H3,(H,18,21);1H2/t13-;/m1./s1. The summed E-state index contributed by atoms with van der Waals surface area (Å²) in [6, 6.07) is 4.72. The molecule has 1 aromatic rings. The van der Waals surface area contributed by atoms with Crippen LogP contribution in [0.5, 0.6) is 0 Å². The van der Waals surface area contributed by atoms with E-state index in [9.17, 15) is 14.0 Å². The van der Waals surface area contributed by atoms with Crippen molar-refractivity contribution in [2.24, 2.45) is 0 Å². The summed E-state index contributed by atoms with van der Waals surface area (Å²) >= 11 is 0. The third-order valence-corrected chi connectivity index (χ3v) is 4.05. The van der Waals surface area contributed by atoms with Crippen LogP contribution in [0, 0.1) is 5.82 Å². The van der Waals surface area contributed by atoms with Crippen molar-refractivity contribution in [3.05, 3.63) is 24.0 Å². The van der Waals surface area contributed by atoms with Gasteiger partial charge < -0.3 is 25.2 Å². The predicted molar refractivity (Wildman–Crippen MR) is 89.3 cm³/mol. The monoisotopic (exact) mass is 355 g/mol. The number of ether oxygens (including phenoxy) is 2. The van der Waals surface area contributed by atoms with E-state index in [-0.39, 0.29) is 30.3 Å². The summed E-state index contributed by atoms with van der Waals surface area (Å²) in [5.41, 5.74) is 0.948. The van der Waals surface area contributed by atoms with Gasteiger partial charge >= 0.3 is 6.09 Å². The Balaban J connectivity index is 0.00000225. The van der Waals surface area contributed by atoms with Gasteiger partial charge in [0.1, 0.15) is 11.9 Å². The molecule has 2 aliphatic heterocycles. The number of carbonyl (C=O) groups excluding carboxylic acids is 2. The fraction of sp³-hybridized carbons (Fsp3) is 0.500. The van der Waals surface area contributed by atoms with Crippen LogP contribution in [0.1, 0.15) is 6.92 Å². The Morgan fingerprint density at radius 1 is 1.36 bits per heavy atom. The Morgan fingerprint density at radius 2 is 2.08 bits per heavy atom. The third-order valence-electron chi connectivity index (χ3n) is 4.05. The molecule has 2 aliphatic rings. The summed E-state index contributed by atoms with van der Waals surface area (Å²) in [7, 11) is 0. The first kappa shape index (κ1) is 18.9.